The topological polar surface area (TPSA) is 47.0 Å². The minimum absolute atomic E-state index is 0. The van der Waals surface area contributed by atoms with Crippen LogP contribution >= 0.6 is 24.0 Å². The quantitative estimate of drug-likeness (QED) is 0.867. The van der Waals surface area contributed by atoms with Crippen molar-refractivity contribution < 1.29 is 4.74 Å². The Bertz CT molecular complexity index is 305. The highest BCUT2D eigenvalue weighted by Gasteiger charge is 2.14. The molecule has 0 unspecified atom stereocenters. The largest absolute Gasteiger partial charge is 0.473 e. The molecule has 15 heavy (non-hydrogen) atoms. The van der Waals surface area contributed by atoms with Crippen LogP contribution in [-0.2, 0) is 0 Å². The molecule has 2 rings (SSSR count). The van der Waals surface area contributed by atoms with E-state index in [1.807, 2.05) is 0 Å². The summed E-state index contributed by atoms with van der Waals surface area (Å²) < 4.78 is 5.64. The highest BCUT2D eigenvalue weighted by atomic mass is 35.5. The van der Waals surface area contributed by atoms with Crippen molar-refractivity contribution in [3.8, 4) is 5.88 Å². The Balaban J connectivity index is 0.00000112. The zero-order valence-corrected chi connectivity index (χ0v) is 9.72. The van der Waals surface area contributed by atoms with Gasteiger partial charge in [0.25, 0.3) is 0 Å². The van der Waals surface area contributed by atoms with Crippen LogP contribution < -0.4 is 10.1 Å². The second kappa shape index (κ2) is 6.10. The van der Waals surface area contributed by atoms with Crippen LogP contribution in [-0.4, -0.2) is 29.2 Å². The Morgan fingerprint density at radius 2 is 2.07 bits per heavy atom. The summed E-state index contributed by atoms with van der Waals surface area (Å²) in [7, 11) is 0. The van der Waals surface area contributed by atoms with Crippen molar-refractivity contribution in [3.63, 3.8) is 0 Å². The van der Waals surface area contributed by atoms with Crippen LogP contribution in [0.4, 0.5) is 0 Å². The average Bonchev–Trinajstić information content (AvgIpc) is 2.19. The normalized spacial score (nSPS) is 16.9. The molecule has 84 valence electrons. The van der Waals surface area contributed by atoms with Crippen LogP contribution in [0.1, 0.15) is 12.8 Å². The number of halogens is 2. The molecule has 0 saturated carbocycles. The molecule has 0 spiro atoms. The molecule has 1 aliphatic rings. The monoisotopic (exact) mass is 249 g/mol. The van der Waals surface area contributed by atoms with Gasteiger partial charge in [0.15, 0.2) is 5.15 Å². The van der Waals surface area contributed by atoms with E-state index in [4.69, 9.17) is 16.3 Å². The predicted octanol–water partition coefficient (Wildman–Crippen LogP) is 1.68. The lowest BCUT2D eigenvalue weighted by Crippen LogP contribution is -2.34. The Morgan fingerprint density at radius 1 is 1.33 bits per heavy atom. The van der Waals surface area contributed by atoms with Gasteiger partial charge in [0.2, 0.25) is 5.88 Å². The fraction of sp³-hybridized carbons (Fsp3) is 0.556. The average molecular weight is 250 g/mol. The van der Waals surface area contributed by atoms with Crippen molar-refractivity contribution in [2.24, 2.45) is 0 Å². The summed E-state index contributed by atoms with van der Waals surface area (Å²) in [5.74, 6) is 0.518. The lowest BCUT2D eigenvalue weighted by molar-refractivity contribution is 0.155. The Labute approximate surface area is 99.8 Å². The zero-order chi connectivity index (χ0) is 9.80. The SMILES string of the molecule is Cl.Clc1cncc(OC2CCNCC2)n1. The lowest BCUT2D eigenvalue weighted by Gasteiger charge is -2.22. The van der Waals surface area contributed by atoms with Gasteiger partial charge in [-0.05, 0) is 25.9 Å². The first kappa shape index (κ1) is 12.5. The molecular weight excluding hydrogens is 237 g/mol. The molecule has 1 N–H and O–H groups in total. The fourth-order valence-corrected chi connectivity index (χ4v) is 1.61. The zero-order valence-electron chi connectivity index (χ0n) is 8.15. The van der Waals surface area contributed by atoms with E-state index in [-0.39, 0.29) is 18.5 Å². The Morgan fingerprint density at radius 3 is 2.73 bits per heavy atom. The first-order valence-corrected chi connectivity index (χ1v) is 5.07. The van der Waals surface area contributed by atoms with Gasteiger partial charge in [0.05, 0.1) is 12.4 Å². The minimum atomic E-state index is 0. The third-order valence-electron chi connectivity index (χ3n) is 2.16. The molecule has 1 fully saturated rings. The van der Waals surface area contributed by atoms with Crippen LogP contribution in [0.2, 0.25) is 5.15 Å². The van der Waals surface area contributed by atoms with Crippen LogP contribution in [0.5, 0.6) is 5.88 Å². The van der Waals surface area contributed by atoms with E-state index in [0.717, 1.165) is 25.9 Å². The molecule has 0 aliphatic carbocycles. The standard InChI is InChI=1S/C9H12ClN3O.ClH/c10-8-5-12-6-9(13-8)14-7-1-3-11-4-2-7;/h5-7,11H,1-4H2;1H. The summed E-state index contributed by atoms with van der Waals surface area (Å²) in [4.78, 5) is 7.94. The van der Waals surface area contributed by atoms with Crippen molar-refractivity contribution in [3.05, 3.63) is 17.5 Å². The van der Waals surface area contributed by atoms with Crippen LogP contribution in [0.15, 0.2) is 12.4 Å². The molecule has 0 aromatic carbocycles. The van der Waals surface area contributed by atoms with E-state index in [1.165, 1.54) is 6.20 Å². The summed E-state index contributed by atoms with van der Waals surface area (Å²) >= 11 is 5.70. The first-order valence-electron chi connectivity index (χ1n) is 4.69. The molecule has 0 amide bonds. The Hall–Kier alpha value is -0.580. The molecule has 1 saturated heterocycles. The molecule has 1 aromatic rings. The molecular formula is C9H13Cl2N3O. The number of hydrogen-bond acceptors (Lipinski definition) is 4. The van der Waals surface area contributed by atoms with Gasteiger partial charge in [-0.2, -0.15) is 4.98 Å². The third-order valence-corrected chi connectivity index (χ3v) is 2.34. The maximum atomic E-state index is 5.70. The maximum Gasteiger partial charge on any atom is 0.234 e. The third kappa shape index (κ3) is 3.81. The molecule has 4 nitrogen and oxygen atoms in total. The number of piperidine rings is 1. The second-order valence-electron chi connectivity index (χ2n) is 3.25. The van der Waals surface area contributed by atoms with Crippen LogP contribution in [0.3, 0.4) is 0 Å². The second-order valence-corrected chi connectivity index (χ2v) is 3.63. The highest BCUT2D eigenvalue weighted by Crippen LogP contribution is 2.14. The van der Waals surface area contributed by atoms with Gasteiger partial charge >= 0.3 is 0 Å². The van der Waals surface area contributed by atoms with E-state index >= 15 is 0 Å². The minimum Gasteiger partial charge on any atom is -0.473 e. The summed E-state index contributed by atoms with van der Waals surface area (Å²) in [6.45, 7) is 2.00. The molecule has 1 aliphatic heterocycles. The van der Waals surface area contributed by atoms with Crippen molar-refractivity contribution >= 4 is 24.0 Å². The van der Waals surface area contributed by atoms with Gasteiger partial charge in [-0.1, -0.05) is 11.6 Å². The number of nitrogens with one attached hydrogen (secondary N) is 1. The van der Waals surface area contributed by atoms with Crippen LogP contribution in [0.25, 0.3) is 0 Å². The van der Waals surface area contributed by atoms with E-state index < -0.39 is 0 Å². The van der Waals surface area contributed by atoms with E-state index in [0.29, 0.717) is 11.0 Å². The fourth-order valence-electron chi connectivity index (χ4n) is 1.47. The van der Waals surface area contributed by atoms with Gasteiger partial charge in [0.1, 0.15) is 6.10 Å². The van der Waals surface area contributed by atoms with E-state index in [1.54, 1.807) is 6.20 Å². The van der Waals surface area contributed by atoms with E-state index in [2.05, 4.69) is 15.3 Å². The molecule has 1 aromatic heterocycles. The van der Waals surface area contributed by atoms with Gasteiger partial charge < -0.3 is 10.1 Å². The number of aromatic nitrogens is 2. The van der Waals surface area contributed by atoms with Crippen molar-refractivity contribution in [1.82, 2.24) is 15.3 Å². The predicted molar refractivity (Wildman–Crippen MR) is 60.8 cm³/mol. The maximum absolute atomic E-state index is 5.70. The smallest absolute Gasteiger partial charge is 0.234 e. The van der Waals surface area contributed by atoms with E-state index in [9.17, 15) is 0 Å². The summed E-state index contributed by atoms with van der Waals surface area (Å²) in [6.07, 6.45) is 5.34. The van der Waals surface area contributed by atoms with Gasteiger partial charge in [0, 0.05) is 0 Å². The number of ether oxygens (including phenoxy) is 1. The number of rotatable bonds is 2. The van der Waals surface area contributed by atoms with Crippen molar-refractivity contribution in [2.45, 2.75) is 18.9 Å². The van der Waals surface area contributed by atoms with Crippen molar-refractivity contribution in [2.75, 3.05) is 13.1 Å². The summed E-state index contributed by atoms with van der Waals surface area (Å²) in [5.41, 5.74) is 0. The molecule has 0 radical (unpaired) electrons. The molecule has 0 bridgehead atoms. The first-order chi connectivity index (χ1) is 6.84. The van der Waals surface area contributed by atoms with Gasteiger partial charge in [-0.25, -0.2) is 0 Å². The van der Waals surface area contributed by atoms with Crippen LogP contribution in [0, 0.1) is 0 Å². The number of hydrogen-bond donors (Lipinski definition) is 1. The summed E-state index contributed by atoms with van der Waals surface area (Å²) in [6, 6.07) is 0. The molecule has 6 heteroatoms. The van der Waals surface area contributed by atoms with Crippen molar-refractivity contribution in [1.29, 1.82) is 0 Å². The van der Waals surface area contributed by atoms with Gasteiger partial charge in [-0.3, -0.25) is 4.98 Å². The van der Waals surface area contributed by atoms with Gasteiger partial charge in [-0.15, -0.1) is 12.4 Å². The molecule has 2 heterocycles. The summed E-state index contributed by atoms with van der Waals surface area (Å²) in [5, 5.41) is 3.64. The number of nitrogens with zero attached hydrogens (tertiary/aromatic N) is 2. The highest BCUT2D eigenvalue weighted by molar-refractivity contribution is 6.29. The lowest BCUT2D eigenvalue weighted by atomic mass is 10.1. The molecule has 0 atom stereocenters. The Kier molecular flexibility index (Phi) is 5.08.